The lowest BCUT2D eigenvalue weighted by molar-refractivity contribution is -0.121. The highest BCUT2D eigenvalue weighted by atomic mass is 35.5. The summed E-state index contributed by atoms with van der Waals surface area (Å²) in [5, 5.41) is 7.65. The highest BCUT2D eigenvalue weighted by molar-refractivity contribution is 6.33. The van der Waals surface area contributed by atoms with E-state index < -0.39 is 5.60 Å². The molecule has 3 heterocycles. The number of fused-ring (bicyclic) bond motifs is 1. The molecule has 4 aromatic rings. The lowest BCUT2D eigenvalue weighted by Crippen LogP contribution is -2.45. The molecule has 0 unspecified atom stereocenters. The van der Waals surface area contributed by atoms with Crippen LogP contribution in [0.25, 0.3) is 22.2 Å². The number of H-pyrrole nitrogens is 1. The second-order valence-electron chi connectivity index (χ2n) is 10.6. The number of nitrogens with zero attached hydrogens (tertiary/aromatic N) is 3. The number of hydrogen-bond donors (Lipinski definition) is 3. The average molecular weight is 547 g/mol. The zero-order valence-electron chi connectivity index (χ0n) is 22.1. The number of halogens is 1. The molecule has 1 saturated heterocycles. The Morgan fingerprint density at radius 2 is 1.92 bits per heavy atom. The van der Waals surface area contributed by atoms with Gasteiger partial charge in [0, 0.05) is 47.1 Å². The number of likely N-dealkylation sites (tertiary alicyclic amines) is 1. The van der Waals surface area contributed by atoms with Gasteiger partial charge in [-0.05, 0) is 57.9 Å². The number of carbonyl (C=O) groups is 2. The van der Waals surface area contributed by atoms with E-state index in [4.69, 9.17) is 16.3 Å². The fraction of sp³-hybridized carbons (Fsp3) is 0.310. The number of anilines is 3. The summed E-state index contributed by atoms with van der Waals surface area (Å²) in [5.74, 6) is -0.0746. The van der Waals surface area contributed by atoms with Crippen LogP contribution in [0.15, 0.2) is 60.9 Å². The third-order valence-electron chi connectivity index (χ3n) is 6.42. The van der Waals surface area contributed by atoms with Crippen LogP contribution in [0.3, 0.4) is 0 Å². The summed E-state index contributed by atoms with van der Waals surface area (Å²) < 4.78 is 5.48. The molecule has 39 heavy (non-hydrogen) atoms. The summed E-state index contributed by atoms with van der Waals surface area (Å²) in [6.45, 7) is 6.40. The molecular formula is C29H31ClN6O3. The number of ether oxygens (including phenoxy) is 1. The number of rotatable bonds is 5. The van der Waals surface area contributed by atoms with Gasteiger partial charge in [0.25, 0.3) is 0 Å². The van der Waals surface area contributed by atoms with Crippen LogP contribution in [0.1, 0.15) is 33.6 Å². The molecule has 1 atom stereocenters. The SMILES string of the molecule is CC(C)(C)OC(=O)N1CCC[C@H](C(=O)Nc2cccc(Nc3ncc(Cl)c(-c4c[nH]c5ccccc45)n3)c2)C1. The minimum absolute atomic E-state index is 0.134. The van der Waals surface area contributed by atoms with Crippen molar-refractivity contribution < 1.29 is 14.3 Å². The molecule has 202 valence electrons. The van der Waals surface area contributed by atoms with Gasteiger partial charge in [-0.25, -0.2) is 14.8 Å². The molecule has 9 nitrogen and oxygen atoms in total. The summed E-state index contributed by atoms with van der Waals surface area (Å²) >= 11 is 6.46. The lowest BCUT2D eigenvalue weighted by atomic mass is 9.97. The van der Waals surface area contributed by atoms with Crippen LogP contribution in [0.5, 0.6) is 0 Å². The average Bonchev–Trinajstić information content (AvgIpc) is 3.33. The molecule has 0 bridgehead atoms. The topological polar surface area (TPSA) is 112 Å². The van der Waals surface area contributed by atoms with E-state index >= 15 is 0 Å². The van der Waals surface area contributed by atoms with Crippen LogP contribution in [0.4, 0.5) is 22.1 Å². The number of piperidine rings is 1. The molecule has 0 saturated carbocycles. The van der Waals surface area contributed by atoms with Gasteiger partial charge in [0.05, 0.1) is 22.8 Å². The van der Waals surface area contributed by atoms with Crippen LogP contribution < -0.4 is 10.6 Å². The quantitative estimate of drug-likeness (QED) is 0.260. The third-order valence-corrected chi connectivity index (χ3v) is 6.70. The van der Waals surface area contributed by atoms with Crippen LogP contribution >= 0.6 is 11.6 Å². The van der Waals surface area contributed by atoms with Crippen molar-refractivity contribution in [3.8, 4) is 11.3 Å². The molecule has 1 aliphatic rings. The van der Waals surface area contributed by atoms with Crippen molar-refractivity contribution in [3.05, 3.63) is 65.9 Å². The highest BCUT2D eigenvalue weighted by Gasteiger charge is 2.31. The predicted octanol–water partition coefficient (Wildman–Crippen LogP) is 6.61. The van der Waals surface area contributed by atoms with E-state index in [1.54, 1.807) is 11.1 Å². The largest absolute Gasteiger partial charge is 0.444 e. The number of carbonyl (C=O) groups excluding carboxylic acids is 2. The Labute approximate surface area is 231 Å². The normalized spacial score (nSPS) is 15.7. The van der Waals surface area contributed by atoms with Crippen molar-refractivity contribution >= 4 is 51.8 Å². The van der Waals surface area contributed by atoms with E-state index in [9.17, 15) is 9.59 Å². The first-order valence-corrected chi connectivity index (χ1v) is 13.3. The molecule has 2 aromatic heterocycles. The maximum Gasteiger partial charge on any atom is 0.410 e. The molecule has 5 rings (SSSR count). The molecule has 1 fully saturated rings. The molecule has 3 N–H and O–H groups in total. The molecule has 0 spiro atoms. The van der Waals surface area contributed by atoms with Gasteiger partial charge in [0.2, 0.25) is 11.9 Å². The third kappa shape index (κ3) is 6.31. The number of amides is 2. The summed E-state index contributed by atoms with van der Waals surface area (Å²) in [6.07, 6.45) is 4.51. The Morgan fingerprint density at radius 1 is 1.13 bits per heavy atom. The molecule has 0 radical (unpaired) electrons. The van der Waals surface area contributed by atoms with E-state index in [1.165, 1.54) is 0 Å². The zero-order chi connectivity index (χ0) is 27.6. The van der Waals surface area contributed by atoms with Gasteiger partial charge >= 0.3 is 6.09 Å². The van der Waals surface area contributed by atoms with Crippen LogP contribution in [0.2, 0.25) is 5.02 Å². The fourth-order valence-electron chi connectivity index (χ4n) is 4.62. The van der Waals surface area contributed by atoms with Gasteiger partial charge in [-0.2, -0.15) is 0 Å². The summed E-state index contributed by atoms with van der Waals surface area (Å²) in [5.41, 5.74) is 3.25. The number of nitrogens with one attached hydrogen (secondary N) is 3. The fourth-order valence-corrected chi connectivity index (χ4v) is 4.81. The van der Waals surface area contributed by atoms with Crippen molar-refractivity contribution in [1.82, 2.24) is 19.9 Å². The molecule has 1 aliphatic heterocycles. The monoisotopic (exact) mass is 546 g/mol. The Morgan fingerprint density at radius 3 is 2.74 bits per heavy atom. The van der Waals surface area contributed by atoms with E-state index in [0.717, 1.165) is 22.9 Å². The number of para-hydroxylation sites is 1. The number of aromatic amines is 1. The van der Waals surface area contributed by atoms with Crippen molar-refractivity contribution in [1.29, 1.82) is 0 Å². The van der Waals surface area contributed by atoms with E-state index in [1.807, 2.05) is 75.5 Å². The van der Waals surface area contributed by atoms with E-state index in [2.05, 4.69) is 25.6 Å². The van der Waals surface area contributed by atoms with Gasteiger partial charge in [0.1, 0.15) is 5.60 Å². The minimum Gasteiger partial charge on any atom is -0.444 e. The van der Waals surface area contributed by atoms with Gasteiger partial charge in [0.15, 0.2) is 0 Å². The standard InChI is InChI=1S/C29H31ClN6O3/c1-29(2,3)39-28(38)36-13-7-8-18(17-36)26(37)33-19-9-6-10-20(14-19)34-27-32-16-23(30)25(35-27)22-15-31-24-12-5-4-11-21(22)24/h4-6,9-12,14-16,18,31H,7-8,13,17H2,1-3H3,(H,33,37)(H,32,34,35)/t18-/m0/s1. The maximum absolute atomic E-state index is 13.1. The Kier molecular flexibility index (Phi) is 7.43. The van der Waals surface area contributed by atoms with Gasteiger partial charge in [-0.3, -0.25) is 4.79 Å². The van der Waals surface area contributed by atoms with E-state index in [-0.39, 0.29) is 17.9 Å². The summed E-state index contributed by atoms with van der Waals surface area (Å²) in [6, 6.07) is 15.3. The highest BCUT2D eigenvalue weighted by Crippen LogP contribution is 2.33. The van der Waals surface area contributed by atoms with Gasteiger partial charge < -0.3 is 25.3 Å². The smallest absolute Gasteiger partial charge is 0.410 e. The second kappa shape index (κ2) is 10.9. The molecule has 2 amide bonds. The number of aromatic nitrogens is 3. The first-order valence-electron chi connectivity index (χ1n) is 12.9. The number of hydrogen-bond acceptors (Lipinski definition) is 6. The van der Waals surface area contributed by atoms with Crippen molar-refractivity contribution in [2.75, 3.05) is 23.7 Å². The molecular weight excluding hydrogens is 516 g/mol. The van der Waals surface area contributed by atoms with E-state index in [0.29, 0.717) is 47.6 Å². The number of benzene rings is 2. The predicted molar refractivity (Wildman–Crippen MR) is 153 cm³/mol. The molecule has 0 aliphatic carbocycles. The van der Waals surface area contributed by atoms with Crippen LogP contribution in [-0.4, -0.2) is 50.5 Å². The van der Waals surface area contributed by atoms with Crippen molar-refractivity contribution in [2.45, 2.75) is 39.2 Å². The Balaban J connectivity index is 1.27. The van der Waals surface area contributed by atoms with Crippen LogP contribution in [0, 0.1) is 5.92 Å². The van der Waals surface area contributed by atoms with Gasteiger partial charge in [-0.1, -0.05) is 35.9 Å². The van der Waals surface area contributed by atoms with Crippen LogP contribution in [-0.2, 0) is 9.53 Å². The van der Waals surface area contributed by atoms with Crippen molar-refractivity contribution in [2.24, 2.45) is 5.92 Å². The zero-order valence-corrected chi connectivity index (χ0v) is 22.9. The lowest BCUT2D eigenvalue weighted by Gasteiger charge is -2.33. The molecule has 2 aromatic carbocycles. The Bertz CT molecular complexity index is 1510. The van der Waals surface area contributed by atoms with Crippen molar-refractivity contribution in [3.63, 3.8) is 0 Å². The summed E-state index contributed by atoms with van der Waals surface area (Å²) in [7, 11) is 0. The Hall–Kier alpha value is -4.11. The first-order chi connectivity index (χ1) is 18.7. The first kappa shape index (κ1) is 26.5. The second-order valence-corrected chi connectivity index (χ2v) is 11.0. The summed E-state index contributed by atoms with van der Waals surface area (Å²) in [4.78, 5) is 39.4. The maximum atomic E-state index is 13.1. The minimum atomic E-state index is -0.580. The van der Waals surface area contributed by atoms with Gasteiger partial charge in [-0.15, -0.1) is 0 Å². The molecule has 10 heteroatoms.